The highest BCUT2D eigenvalue weighted by Crippen LogP contribution is 2.54. The topological polar surface area (TPSA) is 96.0 Å². The average molecular weight is 467 g/mol. The van der Waals surface area contributed by atoms with Gasteiger partial charge in [-0.25, -0.2) is 4.18 Å². The first-order valence-corrected chi connectivity index (χ1v) is 11.6. The molecular weight excluding hydrogens is 444 g/mol. The minimum Gasteiger partial charge on any atom is -0.426 e. The number of carbonyl (C=O) groups excluding carboxylic acids is 2. The second-order valence-corrected chi connectivity index (χ2v) is 9.42. The van der Waals surface area contributed by atoms with Gasteiger partial charge in [-0.3, -0.25) is 9.59 Å². The quantitative estimate of drug-likeness (QED) is 0.324. The van der Waals surface area contributed by atoms with Crippen molar-refractivity contribution in [2.45, 2.75) is 38.2 Å². The molecule has 0 aromatic heterocycles. The van der Waals surface area contributed by atoms with E-state index in [9.17, 15) is 18.0 Å². The molecule has 0 radical (unpaired) electrons. The van der Waals surface area contributed by atoms with E-state index in [1.54, 1.807) is 54.6 Å². The molecule has 4 rings (SSSR count). The number of carbonyl (C=O) groups is 2. The molecule has 170 valence electrons. The summed E-state index contributed by atoms with van der Waals surface area (Å²) in [4.78, 5) is 23.8. The largest absolute Gasteiger partial charge is 0.426 e. The van der Waals surface area contributed by atoms with Crippen LogP contribution in [0.15, 0.2) is 65.6 Å². The highest BCUT2D eigenvalue weighted by atomic mass is 32.2. The Hall–Kier alpha value is -3.49. The van der Waals surface area contributed by atoms with E-state index >= 15 is 0 Å². The Bertz CT molecular complexity index is 1320. The van der Waals surface area contributed by atoms with E-state index in [0.29, 0.717) is 5.56 Å². The molecule has 3 aromatic rings. The molecule has 0 unspecified atom stereocenters. The molecule has 1 aliphatic heterocycles. The van der Waals surface area contributed by atoms with E-state index < -0.39 is 27.7 Å². The van der Waals surface area contributed by atoms with E-state index in [1.807, 2.05) is 13.8 Å². The van der Waals surface area contributed by atoms with Crippen LogP contribution in [0.2, 0.25) is 0 Å². The zero-order chi connectivity index (χ0) is 24.0. The molecule has 0 bridgehead atoms. The maximum absolute atomic E-state index is 13.2. The summed E-state index contributed by atoms with van der Waals surface area (Å²) in [5.74, 6) is -0.863. The number of esters is 2. The highest BCUT2D eigenvalue weighted by molar-refractivity contribution is 7.87. The van der Waals surface area contributed by atoms with E-state index in [0.717, 1.165) is 11.1 Å². The van der Waals surface area contributed by atoms with Crippen LogP contribution in [-0.4, -0.2) is 20.4 Å². The van der Waals surface area contributed by atoms with Gasteiger partial charge < -0.3 is 9.47 Å². The van der Waals surface area contributed by atoms with Gasteiger partial charge >= 0.3 is 11.9 Å². The van der Waals surface area contributed by atoms with Gasteiger partial charge in [-0.15, -0.1) is 0 Å². The van der Waals surface area contributed by atoms with Crippen molar-refractivity contribution in [1.29, 1.82) is 0 Å². The molecule has 1 aliphatic rings. The molecular formula is C25H22O7S. The van der Waals surface area contributed by atoms with Crippen LogP contribution in [0.1, 0.15) is 41.7 Å². The zero-order valence-electron chi connectivity index (χ0n) is 18.5. The molecule has 0 amide bonds. The van der Waals surface area contributed by atoms with Gasteiger partial charge in [0.1, 0.15) is 16.4 Å². The van der Waals surface area contributed by atoms with Crippen LogP contribution in [0.25, 0.3) is 0 Å². The lowest BCUT2D eigenvalue weighted by Crippen LogP contribution is -2.31. The van der Waals surface area contributed by atoms with Crippen LogP contribution in [-0.2, 0) is 29.5 Å². The Kier molecular flexibility index (Phi) is 5.59. The van der Waals surface area contributed by atoms with Crippen LogP contribution in [0.4, 0.5) is 0 Å². The number of benzene rings is 3. The summed E-state index contributed by atoms with van der Waals surface area (Å²) in [5.41, 5.74) is 0.723. The summed E-state index contributed by atoms with van der Waals surface area (Å²) < 4.78 is 43.2. The second-order valence-electron chi connectivity index (χ2n) is 7.90. The van der Waals surface area contributed by atoms with Crippen molar-refractivity contribution in [2.75, 3.05) is 0 Å². The van der Waals surface area contributed by atoms with Crippen LogP contribution in [0, 0.1) is 13.8 Å². The number of aryl methyl sites for hydroxylation is 2. The summed E-state index contributed by atoms with van der Waals surface area (Å²) in [6.45, 7) is 6.16. The van der Waals surface area contributed by atoms with Crippen molar-refractivity contribution in [2.24, 2.45) is 0 Å². The monoisotopic (exact) mass is 466 g/mol. The summed E-state index contributed by atoms with van der Waals surface area (Å²) in [6, 6.07) is 16.5. The van der Waals surface area contributed by atoms with Gasteiger partial charge in [0.25, 0.3) is 10.1 Å². The van der Waals surface area contributed by atoms with Crippen molar-refractivity contribution >= 4 is 22.1 Å². The third-order valence-corrected chi connectivity index (χ3v) is 6.67. The van der Waals surface area contributed by atoms with Gasteiger partial charge in [-0.1, -0.05) is 42.5 Å². The van der Waals surface area contributed by atoms with Crippen LogP contribution in [0.3, 0.4) is 0 Å². The fraction of sp³-hybridized carbons (Fsp3) is 0.200. The van der Waals surface area contributed by atoms with Gasteiger partial charge in [-0.05, 0) is 43.2 Å². The predicted octanol–water partition coefficient (Wildman–Crippen LogP) is 4.16. The lowest BCUT2D eigenvalue weighted by Gasteiger charge is -2.32. The van der Waals surface area contributed by atoms with Gasteiger partial charge in [0.15, 0.2) is 5.60 Å². The summed E-state index contributed by atoms with van der Waals surface area (Å²) in [6.07, 6.45) is 0. The molecule has 0 atom stereocenters. The smallest absolute Gasteiger partial charge is 0.308 e. The van der Waals surface area contributed by atoms with E-state index in [2.05, 4.69) is 0 Å². The number of hydrogen-bond donors (Lipinski definition) is 0. The first-order valence-electron chi connectivity index (χ1n) is 10.2. The molecule has 0 saturated carbocycles. The Morgan fingerprint density at radius 2 is 1.24 bits per heavy atom. The Morgan fingerprint density at radius 1 is 0.758 bits per heavy atom. The third-order valence-electron chi connectivity index (χ3n) is 5.31. The van der Waals surface area contributed by atoms with E-state index in [-0.39, 0.29) is 27.5 Å². The van der Waals surface area contributed by atoms with Crippen molar-refractivity contribution in [1.82, 2.24) is 0 Å². The minimum absolute atomic E-state index is 0.0197. The van der Waals surface area contributed by atoms with Crippen LogP contribution in [0.5, 0.6) is 11.5 Å². The number of hydrogen-bond acceptors (Lipinski definition) is 7. The SMILES string of the molecule is CC(=O)Oc1cc(C)ccc1C1(c2ccc(C)cc2OC(C)=O)OS(=O)(=O)c2ccccc21. The standard InChI is InChI=1S/C25H22O7S/c1-15-9-11-19(22(13-15)30-17(3)26)25(20-12-10-16(2)14-23(20)31-18(4)27)21-7-5-6-8-24(21)33(28,29)32-25/h5-14H,1-4H3. The number of rotatable bonds is 4. The normalized spacial score (nSPS) is 15.5. The molecule has 0 spiro atoms. The Labute approximate surface area is 192 Å². The molecule has 0 aliphatic carbocycles. The van der Waals surface area contributed by atoms with Gasteiger partial charge in [0.05, 0.1) is 0 Å². The van der Waals surface area contributed by atoms with Gasteiger partial charge in [-0.2, -0.15) is 8.42 Å². The molecule has 33 heavy (non-hydrogen) atoms. The third kappa shape index (κ3) is 3.92. The van der Waals surface area contributed by atoms with E-state index in [1.165, 1.54) is 19.9 Å². The maximum Gasteiger partial charge on any atom is 0.308 e. The molecule has 7 nitrogen and oxygen atoms in total. The van der Waals surface area contributed by atoms with E-state index in [4.69, 9.17) is 13.7 Å². The summed E-state index contributed by atoms with van der Waals surface area (Å²) in [7, 11) is -4.20. The molecule has 0 saturated heterocycles. The highest BCUT2D eigenvalue weighted by Gasteiger charge is 2.54. The summed E-state index contributed by atoms with van der Waals surface area (Å²) >= 11 is 0. The molecule has 8 heteroatoms. The molecule has 0 fully saturated rings. The van der Waals surface area contributed by atoms with Crippen molar-refractivity contribution in [3.05, 3.63) is 88.5 Å². The van der Waals surface area contributed by atoms with Crippen LogP contribution >= 0.6 is 0 Å². The van der Waals surface area contributed by atoms with Crippen molar-refractivity contribution in [3.63, 3.8) is 0 Å². The molecule has 1 heterocycles. The van der Waals surface area contributed by atoms with Crippen molar-refractivity contribution < 1.29 is 31.7 Å². The van der Waals surface area contributed by atoms with Crippen molar-refractivity contribution in [3.8, 4) is 11.5 Å². The lowest BCUT2D eigenvalue weighted by atomic mass is 9.79. The lowest BCUT2D eigenvalue weighted by molar-refractivity contribution is -0.132. The predicted molar refractivity (Wildman–Crippen MR) is 120 cm³/mol. The average Bonchev–Trinajstić information content (AvgIpc) is 2.95. The Morgan fingerprint density at radius 3 is 1.73 bits per heavy atom. The Balaban J connectivity index is 2.16. The summed E-state index contributed by atoms with van der Waals surface area (Å²) in [5, 5.41) is 0. The minimum atomic E-state index is -4.20. The number of ether oxygens (including phenoxy) is 2. The van der Waals surface area contributed by atoms with Crippen LogP contribution < -0.4 is 9.47 Å². The first kappa shape index (κ1) is 22.7. The second kappa shape index (κ2) is 8.13. The maximum atomic E-state index is 13.2. The van der Waals surface area contributed by atoms with Gasteiger partial charge in [0.2, 0.25) is 0 Å². The molecule has 0 N–H and O–H groups in total. The zero-order valence-corrected chi connectivity index (χ0v) is 19.4. The number of fused-ring (bicyclic) bond motifs is 1. The first-order chi connectivity index (χ1) is 15.5. The van der Waals surface area contributed by atoms with Gasteiger partial charge in [0, 0.05) is 30.5 Å². The molecule has 3 aromatic carbocycles. The fourth-order valence-corrected chi connectivity index (χ4v) is 5.49. The fourth-order valence-electron chi connectivity index (χ4n) is 4.07.